The van der Waals surface area contributed by atoms with Crippen molar-refractivity contribution in [3.63, 3.8) is 0 Å². The van der Waals surface area contributed by atoms with Gasteiger partial charge in [-0.05, 0) is 29.8 Å². The fourth-order valence-electron chi connectivity index (χ4n) is 3.27. The summed E-state index contributed by atoms with van der Waals surface area (Å²) < 4.78 is 16.2. The van der Waals surface area contributed by atoms with E-state index in [1.54, 1.807) is 45.9 Å². The largest absolute Gasteiger partial charge is 0.493 e. The van der Waals surface area contributed by atoms with Gasteiger partial charge in [0.1, 0.15) is 0 Å². The van der Waals surface area contributed by atoms with Crippen LogP contribution in [-0.2, 0) is 6.54 Å². The van der Waals surface area contributed by atoms with Gasteiger partial charge in [-0.2, -0.15) is 0 Å². The van der Waals surface area contributed by atoms with Crippen molar-refractivity contribution in [3.05, 3.63) is 47.8 Å². The lowest BCUT2D eigenvalue weighted by molar-refractivity contribution is 0.0628. The van der Waals surface area contributed by atoms with Crippen LogP contribution in [0.15, 0.2) is 36.7 Å². The molecule has 1 fully saturated rings. The molecule has 1 saturated heterocycles. The minimum Gasteiger partial charge on any atom is -0.493 e. The number of nitrogens with zero attached hydrogens (tertiary/aromatic N) is 3. The van der Waals surface area contributed by atoms with Crippen molar-refractivity contribution in [2.45, 2.75) is 6.54 Å². The average molecular weight is 371 g/mol. The van der Waals surface area contributed by atoms with Gasteiger partial charge >= 0.3 is 0 Å². The molecule has 1 amide bonds. The van der Waals surface area contributed by atoms with Crippen molar-refractivity contribution in [1.29, 1.82) is 0 Å². The average Bonchev–Trinajstić information content (AvgIpc) is 2.73. The molecule has 1 aromatic heterocycles. The SMILES string of the molecule is COc1cc(CN2CCN(C(=O)c3cccnc3)CC2)cc(OC)c1OC. The summed E-state index contributed by atoms with van der Waals surface area (Å²) in [6, 6.07) is 7.52. The first kappa shape index (κ1) is 19.0. The van der Waals surface area contributed by atoms with Crippen LogP contribution in [0.5, 0.6) is 17.2 Å². The second kappa shape index (κ2) is 8.73. The summed E-state index contributed by atoms with van der Waals surface area (Å²) in [4.78, 5) is 20.7. The Morgan fingerprint density at radius 1 is 1.04 bits per heavy atom. The lowest BCUT2D eigenvalue weighted by Gasteiger charge is -2.34. The van der Waals surface area contributed by atoms with Crippen LogP contribution in [0, 0.1) is 0 Å². The van der Waals surface area contributed by atoms with Gasteiger partial charge in [-0.15, -0.1) is 0 Å². The van der Waals surface area contributed by atoms with Gasteiger partial charge in [0, 0.05) is 45.1 Å². The molecule has 144 valence electrons. The number of amides is 1. The van der Waals surface area contributed by atoms with Crippen molar-refractivity contribution in [1.82, 2.24) is 14.8 Å². The number of hydrogen-bond donors (Lipinski definition) is 0. The highest BCUT2D eigenvalue weighted by Crippen LogP contribution is 2.38. The molecular weight excluding hydrogens is 346 g/mol. The summed E-state index contributed by atoms with van der Waals surface area (Å²) in [5.41, 5.74) is 1.71. The number of benzene rings is 1. The van der Waals surface area contributed by atoms with Gasteiger partial charge in [-0.3, -0.25) is 14.7 Å². The number of pyridine rings is 1. The van der Waals surface area contributed by atoms with E-state index in [-0.39, 0.29) is 5.91 Å². The first-order valence-corrected chi connectivity index (χ1v) is 8.86. The number of carbonyl (C=O) groups excluding carboxylic acids is 1. The van der Waals surface area contributed by atoms with Gasteiger partial charge in [0.2, 0.25) is 5.75 Å². The Balaban J connectivity index is 1.63. The number of carbonyl (C=O) groups is 1. The molecule has 0 aliphatic carbocycles. The van der Waals surface area contributed by atoms with Gasteiger partial charge in [0.25, 0.3) is 5.91 Å². The van der Waals surface area contributed by atoms with Crippen LogP contribution in [0.2, 0.25) is 0 Å². The zero-order chi connectivity index (χ0) is 19.2. The van der Waals surface area contributed by atoms with Crippen LogP contribution in [0.4, 0.5) is 0 Å². The number of hydrogen-bond acceptors (Lipinski definition) is 6. The maximum Gasteiger partial charge on any atom is 0.255 e. The molecule has 1 aliphatic rings. The lowest BCUT2D eigenvalue weighted by atomic mass is 10.1. The molecular formula is C20H25N3O4. The van der Waals surface area contributed by atoms with Gasteiger partial charge in [-0.1, -0.05) is 0 Å². The van der Waals surface area contributed by atoms with Gasteiger partial charge < -0.3 is 19.1 Å². The van der Waals surface area contributed by atoms with Crippen LogP contribution in [0.3, 0.4) is 0 Å². The molecule has 0 atom stereocenters. The van der Waals surface area contributed by atoms with E-state index in [2.05, 4.69) is 9.88 Å². The smallest absolute Gasteiger partial charge is 0.255 e. The Hall–Kier alpha value is -2.80. The Bertz CT molecular complexity index is 749. The van der Waals surface area contributed by atoms with E-state index in [0.717, 1.165) is 25.2 Å². The highest BCUT2D eigenvalue weighted by Gasteiger charge is 2.23. The van der Waals surface area contributed by atoms with Crippen LogP contribution in [0.1, 0.15) is 15.9 Å². The van der Waals surface area contributed by atoms with Crippen molar-refractivity contribution < 1.29 is 19.0 Å². The minimum absolute atomic E-state index is 0.0375. The van der Waals surface area contributed by atoms with Crippen LogP contribution in [0.25, 0.3) is 0 Å². The van der Waals surface area contributed by atoms with E-state index >= 15 is 0 Å². The van der Waals surface area contributed by atoms with Gasteiger partial charge in [-0.25, -0.2) is 0 Å². The predicted molar refractivity (Wildman–Crippen MR) is 102 cm³/mol. The third-order valence-electron chi connectivity index (χ3n) is 4.70. The zero-order valence-electron chi connectivity index (χ0n) is 16.0. The fourth-order valence-corrected chi connectivity index (χ4v) is 3.27. The van der Waals surface area contributed by atoms with Crippen molar-refractivity contribution >= 4 is 5.91 Å². The summed E-state index contributed by atoms with van der Waals surface area (Å²) >= 11 is 0. The fraction of sp³-hybridized carbons (Fsp3) is 0.400. The molecule has 0 unspecified atom stereocenters. The summed E-state index contributed by atoms with van der Waals surface area (Å²) in [6.07, 6.45) is 3.29. The van der Waals surface area contributed by atoms with Crippen molar-refractivity contribution in [3.8, 4) is 17.2 Å². The standard InChI is InChI=1S/C20H25N3O4/c1-25-17-11-15(12-18(26-2)19(17)27-3)14-22-7-9-23(10-8-22)20(24)16-5-4-6-21-13-16/h4-6,11-13H,7-10,14H2,1-3H3. The molecule has 7 heteroatoms. The van der Waals surface area contributed by atoms with Gasteiger partial charge in [0.05, 0.1) is 26.9 Å². The highest BCUT2D eigenvalue weighted by molar-refractivity contribution is 5.93. The molecule has 3 rings (SSSR count). The molecule has 1 aromatic carbocycles. The normalized spacial score (nSPS) is 14.7. The van der Waals surface area contributed by atoms with Crippen LogP contribution < -0.4 is 14.2 Å². The summed E-state index contributed by atoms with van der Waals surface area (Å²) in [5, 5.41) is 0. The predicted octanol–water partition coefficient (Wildman–Crippen LogP) is 2.07. The number of rotatable bonds is 6. The quantitative estimate of drug-likeness (QED) is 0.775. The third kappa shape index (κ3) is 4.31. The molecule has 27 heavy (non-hydrogen) atoms. The monoisotopic (exact) mass is 371 g/mol. The van der Waals surface area contributed by atoms with Crippen molar-refractivity contribution in [2.24, 2.45) is 0 Å². The molecule has 0 N–H and O–H groups in total. The number of aromatic nitrogens is 1. The maximum atomic E-state index is 12.5. The molecule has 2 aromatic rings. The first-order valence-electron chi connectivity index (χ1n) is 8.86. The third-order valence-corrected chi connectivity index (χ3v) is 4.70. The van der Waals surface area contributed by atoms with E-state index in [9.17, 15) is 4.79 Å². The Labute approximate surface area is 159 Å². The molecule has 0 radical (unpaired) electrons. The summed E-state index contributed by atoms with van der Waals surface area (Å²) in [6.45, 7) is 3.76. The van der Waals surface area contributed by atoms with E-state index in [1.165, 1.54) is 0 Å². The molecule has 0 bridgehead atoms. The molecule has 2 heterocycles. The highest BCUT2D eigenvalue weighted by atomic mass is 16.5. The van der Waals surface area contributed by atoms with E-state index in [4.69, 9.17) is 14.2 Å². The second-order valence-electron chi connectivity index (χ2n) is 6.34. The van der Waals surface area contributed by atoms with Crippen LogP contribution in [-0.4, -0.2) is 68.2 Å². The summed E-state index contributed by atoms with van der Waals surface area (Å²) in [7, 11) is 4.83. The van der Waals surface area contributed by atoms with Gasteiger partial charge in [0.15, 0.2) is 11.5 Å². The van der Waals surface area contributed by atoms with E-state index in [1.807, 2.05) is 17.0 Å². The van der Waals surface area contributed by atoms with E-state index < -0.39 is 0 Å². The summed E-state index contributed by atoms with van der Waals surface area (Å²) in [5.74, 6) is 1.93. The van der Waals surface area contributed by atoms with Crippen LogP contribution >= 0.6 is 0 Å². The first-order chi connectivity index (χ1) is 13.2. The Morgan fingerprint density at radius 3 is 2.22 bits per heavy atom. The topological polar surface area (TPSA) is 64.1 Å². The second-order valence-corrected chi connectivity index (χ2v) is 6.34. The van der Waals surface area contributed by atoms with E-state index in [0.29, 0.717) is 35.9 Å². The molecule has 0 saturated carbocycles. The minimum atomic E-state index is 0.0375. The lowest BCUT2D eigenvalue weighted by Crippen LogP contribution is -2.48. The number of ether oxygens (including phenoxy) is 3. The van der Waals surface area contributed by atoms with Crippen molar-refractivity contribution in [2.75, 3.05) is 47.5 Å². The Kier molecular flexibility index (Phi) is 6.13. The number of methoxy groups -OCH3 is 3. The molecule has 1 aliphatic heterocycles. The zero-order valence-corrected chi connectivity index (χ0v) is 16.0. The molecule has 0 spiro atoms. The maximum absolute atomic E-state index is 12.5. The number of piperazine rings is 1. The Morgan fingerprint density at radius 2 is 1.70 bits per heavy atom. The molecule has 7 nitrogen and oxygen atoms in total.